The highest BCUT2D eigenvalue weighted by Gasteiger charge is 2.11. The van der Waals surface area contributed by atoms with E-state index < -0.39 is 0 Å². The second-order valence-corrected chi connectivity index (χ2v) is 5.39. The van der Waals surface area contributed by atoms with E-state index in [1.807, 2.05) is 20.8 Å². The van der Waals surface area contributed by atoms with Crippen LogP contribution in [-0.4, -0.2) is 18.0 Å². The summed E-state index contributed by atoms with van der Waals surface area (Å²) in [6.45, 7) is 8.38. The third kappa shape index (κ3) is 4.84. The maximum atomic E-state index is 13.3. The molecule has 0 radical (unpaired) electrons. The molecule has 1 rings (SSSR count). The van der Waals surface area contributed by atoms with Gasteiger partial charge in [0.2, 0.25) is 5.91 Å². The van der Waals surface area contributed by atoms with E-state index >= 15 is 0 Å². The first kappa shape index (κ1) is 14.6. The van der Waals surface area contributed by atoms with Crippen molar-refractivity contribution in [3.8, 4) is 0 Å². The van der Waals surface area contributed by atoms with Crippen molar-refractivity contribution in [2.45, 2.75) is 39.7 Å². The van der Waals surface area contributed by atoms with E-state index in [0.29, 0.717) is 24.2 Å². The first-order valence-corrected chi connectivity index (χ1v) is 6.09. The van der Waals surface area contributed by atoms with Crippen LogP contribution in [0, 0.1) is 12.7 Å². The van der Waals surface area contributed by atoms with Crippen LogP contribution >= 0.6 is 0 Å². The quantitative estimate of drug-likeness (QED) is 0.865. The van der Waals surface area contributed by atoms with Gasteiger partial charge in [0.05, 0.1) is 0 Å². The van der Waals surface area contributed by atoms with Gasteiger partial charge in [-0.15, -0.1) is 0 Å². The number of halogens is 1. The average molecular weight is 252 g/mol. The molecule has 0 saturated carbocycles. The Bertz CT molecular complexity index is 424. The highest BCUT2D eigenvalue weighted by atomic mass is 19.1. The van der Waals surface area contributed by atoms with Crippen LogP contribution in [-0.2, 0) is 4.79 Å². The van der Waals surface area contributed by atoms with Gasteiger partial charge in [-0.3, -0.25) is 4.79 Å². The normalized spacial score (nSPS) is 11.4. The van der Waals surface area contributed by atoms with Crippen LogP contribution in [0.3, 0.4) is 0 Å². The number of rotatable bonds is 4. The molecular formula is C14H21FN2O. The Kier molecular flexibility index (Phi) is 4.84. The molecule has 1 amide bonds. The number of carbonyl (C=O) groups is 1. The third-order valence-electron chi connectivity index (χ3n) is 2.55. The van der Waals surface area contributed by atoms with Gasteiger partial charge in [-0.2, -0.15) is 0 Å². The van der Waals surface area contributed by atoms with Crippen molar-refractivity contribution in [1.29, 1.82) is 0 Å². The lowest BCUT2D eigenvalue weighted by Gasteiger charge is -2.20. The molecule has 3 nitrogen and oxygen atoms in total. The largest absolute Gasteiger partial charge is 0.326 e. The van der Waals surface area contributed by atoms with E-state index in [2.05, 4.69) is 10.6 Å². The Balaban J connectivity index is 2.48. The summed E-state index contributed by atoms with van der Waals surface area (Å²) in [5.41, 5.74) is 1.00. The fraction of sp³-hybridized carbons (Fsp3) is 0.500. The van der Waals surface area contributed by atoms with Crippen LogP contribution in [0.5, 0.6) is 0 Å². The summed E-state index contributed by atoms with van der Waals surface area (Å²) in [4.78, 5) is 11.7. The molecule has 0 aromatic heterocycles. The molecule has 0 aliphatic carbocycles. The van der Waals surface area contributed by atoms with Crippen LogP contribution in [0.2, 0.25) is 0 Å². The summed E-state index contributed by atoms with van der Waals surface area (Å²) in [7, 11) is 0. The summed E-state index contributed by atoms with van der Waals surface area (Å²) in [5, 5.41) is 5.95. The van der Waals surface area contributed by atoms with Gasteiger partial charge in [-0.25, -0.2) is 4.39 Å². The van der Waals surface area contributed by atoms with Gasteiger partial charge in [0.1, 0.15) is 5.82 Å². The van der Waals surface area contributed by atoms with Gasteiger partial charge >= 0.3 is 0 Å². The number of anilines is 1. The number of nitrogens with one attached hydrogen (secondary N) is 2. The first-order chi connectivity index (χ1) is 8.29. The van der Waals surface area contributed by atoms with Crippen LogP contribution < -0.4 is 10.6 Å². The van der Waals surface area contributed by atoms with Crippen molar-refractivity contribution in [3.05, 3.63) is 29.6 Å². The van der Waals surface area contributed by atoms with Gasteiger partial charge in [0.15, 0.2) is 0 Å². The molecule has 1 aromatic carbocycles. The van der Waals surface area contributed by atoms with Crippen molar-refractivity contribution < 1.29 is 9.18 Å². The molecule has 1 aromatic rings. The molecule has 0 aliphatic rings. The zero-order valence-corrected chi connectivity index (χ0v) is 11.4. The first-order valence-electron chi connectivity index (χ1n) is 6.09. The molecule has 0 unspecified atom stereocenters. The summed E-state index contributed by atoms with van der Waals surface area (Å²) in [5.74, 6) is -0.416. The molecule has 0 spiro atoms. The van der Waals surface area contributed by atoms with Gasteiger partial charge in [-0.1, -0.05) is 6.07 Å². The van der Waals surface area contributed by atoms with Gasteiger partial charge in [-0.05, 0) is 39.8 Å². The van der Waals surface area contributed by atoms with E-state index in [9.17, 15) is 9.18 Å². The topological polar surface area (TPSA) is 41.1 Å². The fourth-order valence-electron chi connectivity index (χ4n) is 1.51. The van der Waals surface area contributed by atoms with Crippen LogP contribution in [0.4, 0.5) is 10.1 Å². The third-order valence-corrected chi connectivity index (χ3v) is 2.55. The smallest absolute Gasteiger partial charge is 0.225 e. The van der Waals surface area contributed by atoms with E-state index in [1.54, 1.807) is 19.1 Å². The minimum atomic E-state index is -0.305. The molecule has 18 heavy (non-hydrogen) atoms. The minimum absolute atomic E-state index is 0.00491. The number of benzene rings is 1. The van der Waals surface area contributed by atoms with E-state index in [1.165, 1.54) is 6.07 Å². The lowest BCUT2D eigenvalue weighted by atomic mass is 10.1. The molecule has 0 heterocycles. The number of hydrogen-bond donors (Lipinski definition) is 2. The molecule has 0 atom stereocenters. The van der Waals surface area contributed by atoms with Crippen LogP contribution in [0.1, 0.15) is 32.8 Å². The maximum absolute atomic E-state index is 13.3. The Hall–Kier alpha value is -1.42. The van der Waals surface area contributed by atoms with E-state index in [4.69, 9.17) is 0 Å². The minimum Gasteiger partial charge on any atom is -0.326 e. The summed E-state index contributed by atoms with van der Waals surface area (Å²) >= 11 is 0. The Labute approximate surface area is 108 Å². The number of carbonyl (C=O) groups excluding carboxylic acids is 1. The standard InChI is InChI=1S/C14H21FN2O/c1-10-11(15)6-5-7-12(10)17-13(18)8-9-16-14(2,3)4/h5-7,16H,8-9H2,1-4H3,(H,17,18). The van der Waals surface area contributed by atoms with Gasteiger partial charge in [0.25, 0.3) is 0 Å². The van der Waals surface area contributed by atoms with Gasteiger partial charge < -0.3 is 10.6 Å². The average Bonchev–Trinajstić information content (AvgIpc) is 2.23. The van der Waals surface area contributed by atoms with Crippen LogP contribution in [0.15, 0.2) is 18.2 Å². The lowest BCUT2D eigenvalue weighted by Crippen LogP contribution is -2.37. The molecular weight excluding hydrogens is 231 g/mol. The summed E-state index contributed by atoms with van der Waals surface area (Å²) in [6, 6.07) is 4.67. The van der Waals surface area contributed by atoms with Crippen molar-refractivity contribution in [3.63, 3.8) is 0 Å². The fourth-order valence-corrected chi connectivity index (χ4v) is 1.51. The summed E-state index contributed by atoms with van der Waals surface area (Å²) < 4.78 is 13.3. The highest BCUT2D eigenvalue weighted by Crippen LogP contribution is 2.17. The van der Waals surface area contributed by atoms with Crippen molar-refractivity contribution in [1.82, 2.24) is 5.32 Å². The lowest BCUT2D eigenvalue weighted by molar-refractivity contribution is -0.116. The number of amides is 1. The Morgan fingerprint density at radius 1 is 1.33 bits per heavy atom. The highest BCUT2D eigenvalue weighted by molar-refractivity contribution is 5.91. The molecule has 100 valence electrons. The second kappa shape index (κ2) is 5.96. The molecule has 2 N–H and O–H groups in total. The molecule has 4 heteroatoms. The zero-order chi connectivity index (χ0) is 13.8. The predicted molar refractivity (Wildman–Crippen MR) is 72.1 cm³/mol. The monoisotopic (exact) mass is 252 g/mol. The second-order valence-electron chi connectivity index (χ2n) is 5.39. The predicted octanol–water partition coefficient (Wildman–Crippen LogP) is 2.85. The molecule has 0 aliphatic heterocycles. The molecule has 0 bridgehead atoms. The Morgan fingerprint density at radius 2 is 2.00 bits per heavy atom. The number of hydrogen-bond acceptors (Lipinski definition) is 2. The van der Waals surface area contributed by atoms with Gasteiger partial charge in [0, 0.05) is 29.8 Å². The Morgan fingerprint density at radius 3 is 2.61 bits per heavy atom. The molecule has 0 fully saturated rings. The van der Waals surface area contributed by atoms with E-state index in [0.717, 1.165) is 0 Å². The van der Waals surface area contributed by atoms with E-state index in [-0.39, 0.29) is 17.3 Å². The van der Waals surface area contributed by atoms with Crippen molar-refractivity contribution in [2.24, 2.45) is 0 Å². The zero-order valence-electron chi connectivity index (χ0n) is 11.4. The SMILES string of the molecule is Cc1c(F)cccc1NC(=O)CCNC(C)(C)C. The maximum Gasteiger partial charge on any atom is 0.225 e. The summed E-state index contributed by atoms with van der Waals surface area (Å²) in [6.07, 6.45) is 0.368. The van der Waals surface area contributed by atoms with Crippen molar-refractivity contribution >= 4 is 11.6 Å². The van der Waals surface area contributed by atoms with Crippen molar-refractivity contribution in [2.75, 3.05) is 11.9 Å². The molecule has 0 saturated heterocycles. The van der Waals surface area contributed by atoms with Crippen LogP contribution in [0.25, 0.3) is 0 Å².